The Hall–Kier alpha value is -2.06. The minimum Gasteiger partial charge on any atom is -0.365 e. The molecule has 1 amide bonds. The van der Waals surface area contributed by atoms with Crippen LogP contribution in [0.5, 0.6) is 0 Å². The second-order valence-electron chi connectivity index (χ2n) is 3.66. The highest BCUT2D eigenvalue weighted by atomic mass is 35.5. The number of H-pyrrole nitrogens is 1. The van der Waals surface area contributed by atoms with E-state index in [-0.39, 0.29) is 11.4 Å². The first-order chi connectivity index (χ1) is 9.51. The van der Waals surface area contributed by atoms with Crippen LogP contribution in [-0.4, -0.2) is 27.1 Å². The van der Waals surface area contributed by atoms with Gasteiger partial charge in [0.15, 0.2) is 11.0 Å². The largest absolute Gasteiger partial charge is 0.365 e. The van der Waals surface area contributed by atoms with Gasteiger partial charge in [0.25, 0.3) is 11.5 Å². The number of halogens is 1. The first kappa shape index (κ1) is 14.4. The Kier molecular flexibility index (Phi) is 4.26. The molecule has 0 aliphatic rings. The molecule has 2 rings (SSSR count). The highest BCUT2D eigenvalue weighted by Crippen LogP contribution is 2.19. The molecule has 2 aromatic rings. The van der Waals surface area contributed by atoms with Crippen LogP contribution < -0.4 is 16.6 Å². The van der Waals surface area contributed by atoms with Crippen molar-refractivity contribution in [3.63, 3.8) is 0 Å². The van der Waals surface area contributed by atoms with Gasteiger partial charge in [-0.1, -0.05) is 23.4 Å². The molecule has 0 saturated carbocycles. The summed E-state index contributed by atoms with van der Waals surface area (Å²) in [5.41, 5.74) is 4.90. The van der Waals surface area contributed by atoms with E-state index in [2.05, 4.69) is 20.3 Å². The summed E-state index contributed by atoms with van der Waals surface area (Å²) in [4.78, 5) is 33.7. The SMILES string of the molecule is CSc1nc(Nc2ccc(Cl)nc2)c(C(N)=O)c(=O)[nH]1. The van der Waals surface area contributed by atoms with Crippen molar-refractivity contribution < 1.29 is 4.79 Å². The molecule has 20 heavy (non-hydrogen) atoms. The molecule has 9 heteroatoms. The number of nitrogens with one attached hydrogen (secondary N) is 2. The molecular weight excluding hydrogens is 302 g/mol. The quantitative estimate of drug-likeness (QED) is 0.446. The third kappa shape index (κ3) is 3.09. The van der Waals surface area contributed by atoms with Gasteiger partial charge in [-0.05, 0) is 18.4 Å². The topological polar surface area (TPSA) is 114 Å². The normalized spacial score (nSPS) is 10.3. The van der Waals surface area contributed by atoms with Crippen molar-refractivity contribution >= 4 is 40.8 Å². The van der Waals surface area contributed by atoms with Crippen molar-refractivity contribution in [2.75, 3.05) is 11.6 Å². The number of aromatic nitrogens is 3. The first-order valence-electron chi connectivity index (χ1n) is 5.38. The van der Waals surface area contributed by atoms with E-state index >= 15 is 0 Å². The van der Waals surface area contributed by atoms with Crippen molar-refractivity contribution in [2.45, 2.75) is 5.16 Å². The number of thioether (sulfide) groups is 1. The number of carbonyl (C=O) groups excluding carboxylic acids is 1. The Balaban J connectivity index is 2.48. The molecule has 104 valence electrons. The van der Waals surface area contributed by atoms with Crippen LogP contribution >= 0.6 is 23.4 Å². The Morgan fingerprint density at radius 1 is 1.50 bits per heavy atom. The van der Waals surface area contributed by atoms with Crippen LogP contribution in [-0.2, 0) is 0 Å². The summed E-state index contributed by atoms with van der Waals surface area (Å²) in [6.07, 6.45) is 3.20. The number of carbonyl (C=O) groups is 1. The predicted octanol–water partition coefficient (Wildman–Crippen LogP) is 1.38. The van der Waals surface area contributed by atoms with Gasteiger partial charge in [-0.15, -0.1) is 0 Å². The third-order valence-electron chi connectivity index (χ3n) is 2.33. The molecule has 0 atom stereocenters. The summed E-state index contributed by atoms with van der Waals surface area (Å²) in [6.45, 7) is 0. The van der Waals surface area contributed by atoms with Crippen LogP contribution in [0.4, 0.5) is 11.5 Å². The van der Waals surface area contributed by atoms with E-state index in [4.69, 9.17) is 17.3 Å². The van der Waals surface area contributed by atoms with E-state index in [0.29, 0.717) is 16.0 Å². The first-order valence-corrected chi connectivity index (χ1v) is 6.98. The van der Waals surface area contributed by atoms with Gasteiger partial charge < -0.3 is 16.0 Å². The number of aromatic amines is 1. The molecule has 0 aliphatic carbocycles. The van der Waals surface area contributed by atoms with E-state index in [1.165, 1.54) is 18.0 Å². The lowest BCUT2D eigenvalue weighted by Gasteiger charge is -2.09. The van der Waals surface area contributed by atoms with Crippen molar-refractivity contribution in [3.05, 3.63) is 39.4 Å². The van der Waals surface area contributed by atoms with Gasteiger partial charge in [-0.2, -0.15) is 0 Å². The van der Waals surface area contributed by atoms with E-state index in [9.17, 15) is 9.59 Å². The summed E-state index contributed by atoms with van der Waals surface area (Å²) in [7, 11) is 0. The zero-order chi connectivity index (χ0) is 14.7. The Labute approximate surface area is 123 Å². The smallest absolute Gasteiger partial charge is 0.266 e. The number of nitrogens with zero attached hydrogens (tertiary/aromatic N) is 2. The number of hydrogen-bond acceptors (Lipinski definition) is 6. The molecule has 0 unspecified atom stereocenters. The minimum absolute atomic E-state index is 0.0784. The van der Waals surface area contributed by atoms with E-state index in [0.717, 1.165) is 0 Å². The van der Waals surface area contributed by atoms with E-state index < -0.39 is 11.5 Å². The molecule has 0 fully saturated rings. The van der Waals surface area contributed by atoms with Gasteiger partial charge in [0, 0.05) is 0 Å². The number of pyridine rings is 1. The summed E-state index contributed by atoms with van der Waals surface area (Å²) in [5, 5.41) is 3.52. The van der Waals surface area contributed by atoms with Gasteiger partial charge in [-0.25, -0.2) is 9.97 Å². The van der Waals surface area contributed by atoms with Crippen LogP contribution in [0.3, 0.4) is 0 Å². The van der Waals surface area contributed by atoms with E-state index in [1.807, 2.05) is 0 Å². The number of nitrogens with two attached hydrogens (primary N) is 1. The third-order valence-corrected chi connectivity index (χ3v) is 3.13. The lowest BCUT2D eigenvalue weighted by atomic mass is 10.3. The zero-order valence-electron chi connectivity index (χ0n) is 10.3. The average molecular weight is 312 g/mol. The van der Waals surface area contributed by atoms with Crippen molar-refractivity contribution in [1.82, 2.24) is 15.0 Å². The van der Waals surface area contributed by atoms with E-state index in [1.54, 1.807) is 18.4 Å². The fraction of sp³-hybridized carbons (Fsp3) is 0.0909. The predicted molar refractivity (Wildman–Crippen MR) is 77.7 cm³/mol. The maximum Gasteiger partial charge on any atom is 0.266 e. The number of hydrogen-bond donors (Lipinski definition) is 3. The molecule has 2 aromatic heterocycles. The fourth-order valence-electron chi connectivity index (χ4n) is 1.45. The highest BCUT2D eigenvalue weighted by molar-refractivity contribution is 7.98. The maximum absolute atomic E-state index is 11.8. The second-order valence-corrected chi connectivity index (χ2v) is 4.84. The summed E-state index contributed by atoms with van der Waals surface area (Å²) < 4.78 is 0. The Bertz CT molecular complexity index is 701. The van der Waals surface area contributed by atoms with Crippen LogP contribution in [0.2, 0.25) is 5.15 Å². The summed E-state index contributed by atoms with van der Waals surface area (Å²) >= 11 is 6.92. The van der Waals surface area contributed by atoms with Crippen LogP contribution in [0, 0.1) is 0 Å². The molecule has 0 aliphatic heterocycles. The van der Waals surface area contributed by atoms with Gasteiger partial charge >= 0.3 is 0 Å². The minimum atomic E-state index is -0.865. The number of amides is 1. The molecule has 4 N–H and O–H groups in total. The van der Waals surface area contributed by atoms with Gasteiger partial charge in [0.1, 0.15) is 10.7 Å². The van der Waals surface area contributed by atoms with Crippen molar-refractivity contribution in [2.24, 2.45) is 5.73 Å². The molecule has 0 spiro atoms. The lowest BCUT2D eigenvalue weighted by molar-refractivity contribution is 0.0999. The standard InChI is InChI=1S/C11H10ClN5O2S/c1-20-11-16-9(7(8(13)18)10(19)17-11)15-5-2-3-6(12)14-4-5/h2-4H,1H3,(H2,13,18)(H2,15,16,17,19). The van der Waals surface area contributed by atoms with Crippen LogP contribution in [0.1, 0.15) is 10.4 Å². The monoisotopic (exact) mass is 311 g/mol. The second kappa shape index (κ2) is 5.93. The van der Waals surface area contributed by atoms with Crippen LogP contribution in [0.15, 0.2) is 28.3 Å². The Morgan fingerprint density at radius 3 is 2.80 bits per heavy atom. The number of primary amides is 1. The molecule has 0 radical (unpaired) electrons. The van der Waals surface area contributed by atoms with Crippen molar-refractivity contribution in [1.29, 1.82) is 0 Å². The molecule has 0 bridgehead atoms. The molecule has 7 nitrogen and oxygen atoms in total. The van der Waals surface area contributed by atoms with Crippen LogP contribution in [0.25, 0.3) is 0 Å². The lowest BCUT2D eigenvalue weighted by Crippen LogP contribution is -2.26. The highest BCUT2D eigenvalue weighted by Gasteiger charge is 2.16. The molecular formula is C11H10ClN5O2S. The van der Waals surface area contributed by atoms with Gasteiger partial charge in [-0.3, -0.25) is 9.59 Å². The molecule has 2 heterocycles. The zero-order valence-corrected chi connectivity index (χ0v) is 11.9. The average Bonchev–Trinajstić information content (AvgIpc) is 2.40. The van der Waals surface area contributed by atoms with Crippen molar-refractivity contribution in [3.8, 4) is 0 Å². The fourth-order valence-corrected chi connectivity index (χ4v) is 1.94. The van der Waals surface area contributed by atoms with Gasteiger partial charge in [0.05, 0.1) is 11.9 Å². The maximum atomic E-state index is 11.8. The Morgan fingerprint density at radius 2 is 2.25 bits per heavy atom. The number of rotatable bonds is 4. The summed E-state index contributed by atoms with van der Waals surface area (Å²) in [6, 6.07) is 3.21. The molecule has 0 aromatic carbocycles. The number of anilines is 2. The molecule has 0 saturated heterocycles. The van der Waals surface area contributed by atoms with Gasteiger partial charge in [0.2, 0.25) is 0 Å². The summed E-state index contributed by atoms with van der Waals surface area (Å²) in [5.74, 6) is -0.787.